The molecule has 0 radical (unpaired) electrons. The molecule has 0 atom stereocenters. The largest absolute Gasteiger partial charge is 0.497 e. The van der Waals surface area contributed by atoms with Gasteiger partial charge in [0.25, 0.3) is 11.8 Å². The summed E-state index contributed by atoms with van der Waals surface area (Å²) in [5.74, 6) is 0.0185. The Balaban J connectivity index is 1.75. The molecule has 3 aromatic carbocycles. The topological polar surface area (TPSA) is 91.2 Å². The number of para-hydroxylation sites is 2. The number of benzene rings is 3. The first kappa shape index (κ1) is 18.7. The Kier molecular flexibility index (Phi) is 5.68. The number of amides is 2. The summed E-state index contributed by atoms with van der Waals surface area (Å²) in [4.78, 5) is 25.0. The molecule has 0 saturated carbocycles. The number of rotatable bonds is 5. The third kappa shape index (κ3) is 4.34. The molecule has 0 aliphatic rings. The molecular formula is C22H17N3O3. The Morgan fingerprint density at radius 1 is 0.786 bits per heavy atom. The zero-order chi connectivity index (χ0) is 19.9. The molecule has 2 N–H and O–H groups in total. The number of carbonyl (C=O) groups is 2. The highest BCUT2D eigenvalue weighted by Gasteiger charge is 2.12. The molecule has 0 aliphatic carbocycles. The minimum Gasteiger partial charge on any atom is -0.497 e. The highest BCUT2D eigenvalue weighted by atomic mass is 16.5. The van der Waals surface area contributed by atoms with E-state index in [2.05, 4.69) is 10.6 Å². The SMILES string of the molecule is COc1ccc(C(=O)Nc2ccccc2NC(=O)c2ccc(C#N)cc2)cc1. The van der Waals surface area contributed by atoms with Crippen LogP contribution in [-0.2, 0) is 0 Å². The Morgan fingerprint density at radius 2 is 1.25 bits per heavy atom. The zero-order valence-electron chi connectivity index (χ0n) is 15.1. The zero-order valence-corrected chi connectivity index (χ0v) is 15.1. The molecule has 0 heterocycles. The summed E-state index contributed by atoms with van der Waals surface area (Å²) < 4.78 is 5.09. The maximum atomic E-state index is 12.5. The molecule has 138 valence electrons. The lowest BCUT2D eigenvalue weighted by Crippen LogP contribution is -2.16. The van der Waals surface area contributed by atoms with Crippen molar-refractivity contribution in [1.29, 1.82) is 5.26 Å². The van der Waals surface area contributed by atoms with Gasteiger partial charge >= 0.3 is 0 Å². The first-order valence-electron chi connectivity index (χ1n) is 8.46. The third-order valence-electron chi connectivity index (χ3n) is 4.05. The molecule has 6 nitrogen and oxygen atoms in total. The minimum absolute atomic E-state index is 0.303. The summed E-state index contributed by atoms with van der Waals surface area (Å²) in [7, 11) is 1.56. The van der Waals surface area contributed by atoms with Crippen molar-refractivity contribution in [3.8, 4) is 11.8 Å². The average Bonchev–Trinajstić information content (AvgIpc) is 2.75. The predicted octanol–water partition coefficient (Wildman–Crippen LogP) is 4.07. The van der Waals surface area contributed by atoms with Gasteiger partial charge in [-0.1, -0.05) is 12.1 Å². The number of ether oxygens (including phenoxy) is 1. The number of methoxy groups -OCH3 is 1. The van der Waals surface area contributed by atoms with Crippen molar-refractivity contribution in [2.45, 2.75) is 0 Å². The van der Waals surface area contributed by atoms with Gasteiger partial charge in [0, 0.05) is 11.1 Å². The van der Waals surface area contributed by atoms with Crippen molar-refractivity contribution in [3.63, 3.8) is 0 Å². The van der Waals surface area contributed by atoms with Crippen LogP contribution in [0.2, 0.25) is 0 Å². The standard InChI is InChI=1S/C22H17N3O3/c1-28-18-12-10-17(11-13-18)22(27)25-20-5-3-2-4-19(20)24-21(26)16-8-6-15(14-23)7-9-16/h2-13H,1H3,(H,24,26)(H,25,27). The van der Waals surface area contributed by atoms with E-state index in [1.807, 2.05) is 6.07 Å². The van der Waals surface area contributed by atoms with Crippen LogP contribution in [0, 0.1) is 11.3 Å². The molecule has 2 amide bonds. The van der Waals surface area contributed by atoms with Crippen molar-refractivity contribution in [2.24, 2.45) is 0 Å². The van der Waals surface area contributed by atoms with Crippen LogP contribution in [0.3, 0.4) is 0 Å². The van der Waals surface area contributed by atoms with Crippen LogP contribution in [0.1, 0.15) is 26.3 Å². The van der Waals surface area contributed by atoms with E-state index in [1.54, 1.807) is 79.9 Å². The minimum atomic E-state index is -0.337. The van der Waals surface area contributed by atoms with Gasteiger partial charge in [-0.05, 0) is 60.7 Å². The summed E-state index contributed by atoms with van der Waals surface area (Å²) >= 11 is 0. The van der Waals surface area contributed by atoms with Gasteiger partial charge in [-0.2, -0.15) is 5.26 Å². The molecule has 0 aliphatic heterocycles. The van der Waals surface area contributed by atoms with Crippen LogP contribution >= 0.6 is 0 Å². The Bertz CT molecular complexity index is 1040. The lowest BCUT2D eigenvalue weighted by molar-refractivity contribution is 0.101. The Morgan fingerprint density at radius 3 is 1.68 bits per heavy atom. The highest BCUT2D eigenvalue weighted by Crippen LogP contribution is 2.23. The average molecular weight is 371 g/mol. The second-order valence-corrected chi connectivity index (χ2v) is 5.87. The number of hydrogen-bond donors (Lipinski definition) is 2. The first-order chi connectivity index (χ1) is 13.6. The molecule has 0 aromatic heterocycles. The number of nitriles is 1. The van der Waals surface area contributed by atoms with E-state index in [0.717, 1.165) is 0 Å². The third-order valence-corrected chi connectivity index (χ3v) is 4.05. The molecule has 28 heavy (non-hydrogen) atoms. The van der Waals surface area contributed by atoms with Crippen molar-refractivity contribution in [1.82, 2.24) is 0 Å². The summed E-state index contributed by atoms with van der Waals surface area (Å²) in [6.45, 7) is 0. The van der Waals surface area contributed by atoms with Crippen molar-refractivity contribution >= 4 is 23.2 Å². The summed E-state index contributed by atoms with van der Waals surface area (Å²) in [5.41, 5.74) is 2.30. The van der Waals surface area contributed by atoms with Crippen molar-refractivity contribution in [3.05, 3.63) is 89.5 Å². The normalized spacial score (nSPS) is 9.86. The maximum Gasteiger partial charge on any atom is 0.255 e. The maximum absolute atomic E-state index is 12.5. The lowest BCUT2D eigenvalue weighted by Gasteiger charge is -2.12. The van der Waals surface area contributed by atoms with Gasteiger partial charge in [-0.3, -0.25) is 9.59 Å². The van der Waals surface area contributed by atoms with E-state index < -0.39 is 0 Å². The molecule has 0 saturated heterocycles. The van der Waals surface area contributed by atoms with Gasteiger partial charge in [0.05, 0.1) is 30.1 Å². The quantitative estimate of drug-likeness (QED) is 0.707. The van der Waals surface area contributed by atoms with E-state index in [9.17, 15) is 9.59 Å². The van der Waals surface area contributed by atoms with E-state index in [1.165, 1.54) is 0 Å². The van der Waals surface area contributed by atoms with Gasteiger partial charge in [-0.15, -0.1) is 0 Å². The number of carbonyl (C=O) groups excluding carboxylic acids is 2. The number of anilines is 2. The Labute approximate surface area is 162 Å². The van der Waals surface area contributed by atoms with Crippen LogP contribution in [0.4, 0.5) is 11.4 Å². The highest BCUT2D eigenvalue weighted by molar-refractivity contribution is 6.10. The monoisotopic (exact) mass is 371 g/mol. The molecular weight excluding hydrogens is 354 g/mol. The number of hydrogen-bond acceptors (Lipinski definition) is 4. The van der Waals surface area contributed by atoms with E-state index in [4.69, 9.17) is 10.00 Å². The first-order valence-corrected chi connectivity index (χ1v) is 8.46. The van der Waals surface area contributed by atoms with Crippen LogP contribution < -0.4 is 15.4 Å². The molecule has 0 spiro atoms. The van der Waals surface area contributed by atoms with E-state index >= 15 is 0 Å². The second kappa shape index (κ2) is 8.52. The summed E-state index contributed by atoms with van der Waals surface area (Å²) in [6.07, 6.45) is 0. The fourth-order valence-corrected chi connectivity index (χ4v) is 2.53. The predicted molar refractivity (Wildman–Crippen MR) is 106 cm³/mol. The number of nitrogens with zero attached hydrogens (tertiary/aromatic N) is 1. The lowest BCUT2D eigenvalue weighted by atomic mass is 10.1. The fraction of sp³-hybridized carbons (Fsp3) is 0.0455. The molecule has 0 fully saturated rings. The number of nitrogens with one attached hydrogen (secondary N) is 2. The van der Waals surface area contributed by atoms with Crippen LogP contribution in [-0.4, -0.2) is 18.9 Å². The van der Waals surface area contributed by atoms with Gasteiger partial charge in [-0.25, -0.2) is 0 Å². The summed E-state index contributed by atoms with van der Waals surface area (Å²) in [5, 5.41) is 14.4. The van der Waals surface area contributed by atoms with Gasteiger partial charge in [0.2, 0.25) is 0 Å². The second-order valence-electron chi connectivity index (χ2n) is 5.87. The fourth-order valence-electron chi connectivity index (χ4n) is 2.53. The molecule has 0 unspecified atom stereocenters. The molecule has 3 rings (SSSR count). The van der Waals surface area contributed by atoms with E-state index in [0.29, 0.717) is 33.8 Å². The smallest absolute Gasteiger partial charge is 0.255 e. The molecule has 6 heteroatoms. The van der Waals surface area contributed by atoms with Gasteiger partial charge in [0.1, 0.15) is 5.75 Å². The summed E-state index contributed by atoms with van der Waals surface area (Å²) in [6, 6.07) is 22.0. The van der Waals surface area contributed by atoms with Gasteiger partial charge in [0.15, 0.2) is 0 Å². The molecule has 0 bridgehead atoms. The Hall–Kier alpha value is -4.11. The van der Waals surface area contributed by atoms with Crippen LogP contribution in [0.5, 0.6) is 5.75 Å². The van der Waals surface area contributed by atoms with Crippen molar-refractivity contribution in [2.75, 3.05) is 17.7 Å². The molecule has 3 aromatic rings. The van der Waals surface area contributed by atoms with E-state index in [-0.39, 0.29) is 11.8 Å². The van der Waals surface area contributed by atoms with Crippen LogP contribution in [0.25, 0.3) is 0 Å². The van der Waals surface area contributed by atoms with Crippen molar-refractivity contribution < 1.29 is 14.3 Å². The van der Waals surface area contributed by atoms with Gasteiger partial charge < -0.3 is 15.4 Å². The van der Waals surface area contributed by atoms with Crippen LogP contribution in [0.15, 0.2) is 72.8 Å².